The van der Waals surface area contributed by atoms with Gasteiger partial charge in [-0.15, -0.1) is 11.3 Å². The maximum Gasteiger partial charge on any atom is 0.407 e. The minimum absolute atomic E-state index is 0.0931. The summed E-state index contributed by atoms with van der Waals surface area (Å²) < 4.78 is 5.52. The van der Waals surface area contributed by atoms with E-state index in [1.54, 1.807) is 16.2 Å². The number of thiophene rings is 1. The van der Waals surface area contributed by atoms with Crippen molar-refractivity contribution < 1.29 is 24.2 Å². The fraction of sp³-hybridized carbons (Fsp3) is 0.269. The van der Waals surface area contributed by atoms with E-state index in [2.05, 4.69) is 5.32 Å². The predicted molar refractivity (Wildman–Crippen MR) is 128 cm³/mol. The van der Waals surface area contributed by atoms with Gasteiger partial charge < -0.3 is 20.1 Å². The molecule has 0 radical (unpaired) electrons. The Labute approximate surface area is 201 Å². The lowest BCUT2D eigenvalue weighted by Crippen LogP contribution is -2.50. The first kappa shape index (κ1) is 22.2. The molecule has 2 heterocycles. The SMILES string of the molecule is O=C(O)CC(NC(=O)OCC1c2ccccc2-c2ccccc21)C(=O)N1CCc2sccc2C1. The maximum atomic E-state index is 13.1. The van der Waals surface area contributed by atoms with E-state index in [9.17, 15) is 19.5 Å². The van der Waals surface area contributed by atoms with Gasteiger partial charge in [-0.3, -0.25) is 9.59 Å². The Morgan fingerprint density at radius 2 is 1.74 bits per heavy atom. The van der Waals surface area contributed by atoms with Crippen molar-refractivity contribution in [2.24, 2.45) is 0 Å². The van der Waals surface area contributed by atoms with E-state index in [4.69, 9.17) is 4.74 Å². The van der Waals surface area contributed by atoms with Gasteiger partial charge in [0, 0.05) is 23.9 Å². The molecular formula is C26H24N2O5S. The van der Waals surface area contributed by atoms with E-state index >= 15 is 0 Å². The molecule has 0 spiro atoms. The number of hydrogen-bond acceptors (Lipinski definition) is 5. The molecule has 0 bridgehead atoms. The number of nitrogens with one attached hydrogen (secondary N) is 1. The number of carboxylic acids is 1. The summed E-state index contributed by atoms with van der Waals surface area (Å²) in [6.45, 7) is 1.00. The third-order valence-electron chi connectivity index (χ3n) is 6.43. The van der Waals surface area contributed by atoms with E-state index in [0.29, 0.717) is 13.1 Å². The van der Waals surface area contributed by atoms with Gasteiger partial charge in [-0.25, -0.2) is 4.79 Å². The maximum absolute atomic E-state index is 13.1. The van der Waals surface area contributed by atoms with Crippen molar-refractivity contribution in [3.05, 3.63) is 81.5 Å². The number of nitrogens with zero attached hydrogens (tertiary/aromatic N) is 1. The van der Waals surface area contributed by atoms with Gasteiger partial charge in [0.2, 0.25) is 5.91 Å². The Balaban J connectivity index is 1.26. The summed E-state index contributed by atoms with van der Waals surface area (Å²) in [5, 5.41) is 13.8. The summed E-state index contributed by atoms with van der Waals surface area (Å²) in [4.78, 5) is 40.0. The number of rotatable bonds is 6. The Morgan fingerprint density at radius 1 is 1.06 bits per heavy atom. The summed E-state index contributed by atoms with van der Waals surface area (Å²) in [5.41, 5.74) is 5.46. The Bertz CT molecular complexity index is 1210. The zero-order chi connectivity index (χ0) is 23.7. The van der Waals surface area contributed by atoms with Crippen LogP contribution in [0.4, 0.5) is 4.79 Å². The summed E-state index contributed by atoms with van der Waals surface area (Å²) >= 11 is 1.66. The molecule has 2 aliphatic rings. The first-order chi connectivity index (χ1) is 16.5. The van der Waals surface area contributed by atoms with E-state index in [0.717, 1.165) is 34.2 Å². The average molecular weight is 477 g/mol. The predicted octanol–water partition coefficient (Wildman–Crippen LogP) is 4.01. The molecule has 1 unspecified atom stereocenters. The molecular weight excluding hydrogens is 452 g/mol. The highest BCUT2D eigenvalue weighted by Crippen LogP contribution is 2.44. The van der Waals surface area contributed by atoms with Gasteiger partial charge in [-0.2, -0.15) is 0 Å². The first-order valence-corrected chi connectivity index (χ1v) is 12.1. The second kappa shape index (κ2) is 9.30. The molecule has 0 saturated heterocycles. The Kier molecular flexibility index (Phi) is 6.06. The number of carbonyl (C=O) groups is 3. The minimum atomic E-state index is -1.19. The number of hydrogen-bond donors (Lipinski definition) is 2. The van der Waals surface area contributed by atoms with Crippen LogP contribution in [0.2, 0.25) is 0 Å². The largest absolute Gasteiger partial charge is 0.481 e. The molecule has 1 aliphatic carbocycles. The second-order valence-electron chi connectivity index (χ2n) is 8.50. The monoisotopic (exact) mass is 476 g/mol. The fourth-order valence-electron chi connectivity index (χ4n) is 4.81. The number of ether oxygens (including phenoxy) is 1. The topological polar surface area (TPSA) is 95.9 Å². The van der Waals surface area contributed by atoms with Crippen molar-refractivity contribution in [1.82, 2.24) is 10.2 Å². The molecule has 5 rings (SSSR count). The van der Waals surface area contributed by atoms with Gasteiger partial charge in [0.25, 0.3) is 0 Å². The van der Waals surface area contributed by atoms with Gasteiger partial charge in [0.1, 0.15) is 12.6 Å². The van der Waals surface area contributed by atoms with Crippen LogP contribution >= 0.6 is 11.3 Å². The summed E-state index contributed by atoms with van der Waals surface area (Å²) in [5.74, 6) is -1.69. The normalized spacial score (nSPS) is 15.1. The molecule has 2 N–H and O–H groups in total. The Hall–Kier alpha value is -3.65. The van der Waals surface area contributed by atoms with Crippen molar-refractivity contribution in [3.8, 4) is 11.1 Å². The van der Waals surface area contributed by atoms with Crippen LogP contribution in [0.1, 0.15) is 33.9 Å². The second-order valence-corrected chi connectivity index (χ2v) is 9.50. The van der Waals surface area contributed by atoms with Crippen LogP contribution in [0, 0.1) is 0 Å². The molecule has 2 aromatic carbocycles. The van der Waals surface area contributed by atoms with Crippen molar-refractivity contribution in [3.63, 3.8) is 0 Å². The summed E-state index contributed by atoms with van der Waals surface area (Å²) in [6.07, 6.45) is -0.575. The molecule has 8 heteroatoms. The van der Waals surface area contributed by atoms with Gasteiger partial charge in [0.05, 0.1) is 6.42 Å². The van der Waals surface area contributed by atoms with Gasteiger partial charge in [-0.1, -0.05) is 48.5 Å². The molecule has 2 amide bonds. The van der Waals surface area contributed by atoms with Crippen LogP contribution < -0.4 is 5.32 Å². The molecule has 1 aliphatic heterocycles. The van der Waals surface area contributed by atoms with Crippen LogP contribution in [0.3, 0.4) is 0 Å². The fourth-order valence-corrected chi connectivity index (χ4v) is 5.70. The number of carboxylic acid groups (broad SMARTS) is 1. The molecule has 1 atom stereocenters. The molecule has 3 aromatic rings. The number of carbonyl (C=O) groups excluding carboxylic acids is 2. The molecule has 34 heavy (non-hydrogen) atoms. The highest BCUT2D eigenvalue weighted by atomic mass is 32.1. The number of benzene rings is 2. The molecule has 0 fully saturated rings. The van der Waals surface area contributed by atoms with Crippen molar-refractivity contribution >= 4 is 29.3 Å². The summed E-state index contributed by atoms with van der Waals surface area (Å²) in [6, 6.07) is 16.8. The lowest BCUT2D eigenvalue weighted by atomic mass is 9.98. The zero-order valence-corrected chi connectivity index (χ0v) is 19.2. The molecule has 0 saturated carbocycles. The number of fused-ring (bicyclic) bond motifs is 4. The number of alkyl carbamates (subject to hydrolysis) is 1. The lowest BCUT2D eigenvalue weighted by Gasteiger charge is -2.30. The standard InChI is InChI=1S/C26H24N2O5S/c29-24(30)13-22(25(31)28-11-9-23-16(14-28)10-12-34-23)27-26(32)33-15-21-19-7-3-1-5-17(19)18-6-2-4-8-20(18)21/h1-8,10,12,21-22H,9,11,13-15H2,(H,27,32)(H,29,30). The van der Waals surface area contributed by atoms with E-state index in [1.807, 2.05) is 60.0 Å². The molecule has 174 valence electrons. The third-order valence-corrected chi connectivity index (χ3v) is 7.45. The first-order valence-electron chi connectivity index (χ1n) is 11.2. The van der Waals surface area contributed by atoms with Crippen LogP contribution in [-0.4, -0.2) is 47.2 Å². The number of amides is 2. The smallest absolute Gasteiger partial charge is 0.407 e. The van der Waals surface area contributed by atoms with Crippen molar-refractivity contribution in [2.75, 3.05) is 13.2 Å². The van der Waals surface area contributed by atoms with Crippen molar-refractivity contribution in [1.29, 1.82) is 0 Å². The quantitative estimate of drug-likeness (QED) is 0.560. The van der Waals surface area contributed by atoms with Crippen LogP contribution in [-0.2, 0) is 27.3 Å². The van der Waals surface area contributed by atoms with E-state index in [1.165, 1.54) is 4.88 Å². The van der Waals surface area contributed by atoms with E-state index in [-0.39, 0.29) is 12.5 Å². The lowest BCUT2D eigenvalue weighted by molar-refractivity contribution is -0.143. The van der Waals surface area contributed by atoms with Crippen LogP contribution in [0.25, 0.3) is 11.1 Å². The number of aliphatic carboxylic acids is 1. The minimum Gasteiger partial charge on any atom is -0.481 e. The highest BCUT2D eigenvalue weighted by Gasteiger charge is 2.32. The van der Waals surface area contributed by atoms with Gasteiger partial charge in [0.15, 0.2) is 0 Å². The van der Waals surface area contributed by atoms with Crippen LogP contribution in [0.15, 0.2) is 60.0 Å². The zero-order valence-electron chi connectivity index (χ0n) is 18.4. The van der Waals surface area contributed by atoms with Crippen LogP contribution in [0.5, 0.6) is 0 Å². The summed E-state index contributed by atoms with van der Waals surface area (Å²) in [7, 11) is 0. The average Bonchev–Trinajstić information content (AvgIpc) is 3.43. The van der Waals surface area contributed by atoms with Crippen molar-refractivity contribution in [2.45, 2.75) is 31.3 Å². The third kappa shape index (κ3) is 4.28. The highest BCUT2D eigenvalue weighted by molar-refractivity contribution is 7.10. The molecule has 7 nitrogen and oxygen atoms in total. The Morgan fingerprint density at radius 3 is 2.41 bits per heavy atom. The van der Waals surface area contributed by atoms with Gasteiger partial charge >= 0.3 is 12.1 Å². The van der Waals surface area contributed by atoms with E-state index < -0.39 is 30.4 Å². The van der Waals surface area contributed by atoms with Gasteiger partial charge in [-0.05, 0) is 45.7 Å². The molecule has 1 aromatic heterocycles.